The molecule has 4 fully saturated rings. The van der Waals surface area contributed by atoms with Gasteiger partial charge in [-0.05, 0) is 72.9 Å². The summed E-state index contributed by atoms with van der Waals surface area (Å²) >= 11 is 1.29. The van der Waals surface area contributed by atoms with Crippen LogP contribution >= 0.6 is 22.7 Å². The van der Waals surface area contributed by atoms with E-state index in [9.17, 15) is 45.5 Å². The van der Waals surface area contributed by atoms with Crippen LogP contribution in [0.15, 0.2) is 143 Å². The lowest BCUT2D eigenvalue weighted by molar-refractivity contribution is -0.188. The average molecular weight is 1300 g/mol. The Morgan fingerprint density at radius 3 is 1.07 bits per heavy atom. The molecule has 18 nitrogen and oxygen atoms in total. The molecular formula is C66H48F6N4O14S2. The van der Waals surface area contributed by atoms with Crippen LogP contribution in [0.2, 0.25) is 0 Å². The number of ketones is 4. The van der Waals surface area contributed by atoms with Gasteiger partial charge in [0.2, 0.25) is 33.4 Å². The monoisotopic (exact) mass is 1300 g/mol. The number of alkyl halides is 6. The van der Waals surface area contributed by atoms with Crippen molar-refractivity contribution in [2.75, 3.05) is 0 Å². The maximum Gasteiger partial charge on any atom is 0.391 e. The van der Waals surface area contributed by atoms with Gasteiger partial charge < -0.3 is 28.4 Å². The van der Waals surface area contributed by atoms with Gasteiger partial charge in [0, 0.05) is 34.8 Å². The van der Waals surface area contributed by atoms with E-state index in [0.717, 1.165) is 0 Å². The van der Waals surface area contributed by atoms with Crippen molar-refractivity contribution in [3.8, 4) is 32.4 Å². The molecule has 26 heteroatoms. The second-order valence-electron chi connectivity index (χ2n) is 22.9. The van der Waals surface area contributed by atoms with E-state index in [2.05, 4.69) is 20.0 Å². The normalized spacial score (nSPS) is 22.6. The zero-order valence-corrected chi connectivity index (χ0v) is 49.5. The van der Waals surface area contributed by atoms with Crippen LogP contribution in [0.1, 0.15) is 72.2 Å². The Morgan fingerprint density at radius 1 is 0.467 bits per heavy atom. The Hall–Kier alpha value is -9.56. The first kappa shape index (κ1) is 61.3. The number of esters is 4. The minimum atomic E-state index is -4.65. The molecule has 2 aromatic heterocycles. The van der Waals surface area contributed by atoms with Gasteiger partial charge in [0.25, 0.3) is 0 Å². The number of nitrogens with zero attached hydrogens (tertiary/aromatic N) is 4. The second kappa shape index (κ2) is 23.9. The molecule has 5 aromatic carbocycles. The molecule has 92 heavy (non-hydrogen) atoms. The highest BCUT2D eigenvalue weighted by molar-refractivity contribution is 7.19. The largest absolute Gasteiger partial charge is 0.458 e. The molecule has 0 N–H and O–H groups in total. The molecule has 0 radical (unpaired) electrons. The molecule has 0 amide bonds. The number of benzene rings is 5. The first-order valence-corrected chi connectivity index (χ1v) is 30.7. The summed E-state index contributed by atoms with van der Waals surface area (Å²) in [5, 5.41) is -0.774. The summed E-state index contributed by atoms with van der Waals surface area (Å²) in [5.74, 6) is -19.3. The van der Waals surface area contributed by atoms with Crippen LogP contribution < -0.4 is 9.47 Å². The van der Waals surface area contributed by atoms with E-state index in [4.69, 9.17) is 28.4 Å². The highest BCUT2D eigenvalue weighted by Crippen LogP contribution is 2.59. The van der Waals surface area contributed by atoms with Crippen molar-refractivity contribution in [2.24, 2.45) is 45.5 Å². The second-order valence-corrected chi connectivity index (χ2v) is 24.9. The Morgan fingerprint density at radius 2 is 0.772 bits per heavy atom. The van der Waals surface area contributed by atoms with Crippen LogP contribution in [-0.2, 0) is 94.9 Å². The third kappa shape index (κ3) is 11.0. The highest BCUT2D eigenvalue weighted by Gasteiger charge is 2.64. The molecule has 0 saturated heterocycles. The zero-order chi connectivity index (χ0) is 64.4. The lowest BCUT2D eigenvalue weighted by Gasteiger charge is -2.36. The summed E-state index contributed by atoms with van der Waals surface area (Å²) in [6.07, 6.45) is -12.0. The minimum absolute atomic E-state index is 0.0874. The lowest BCUT2D eigenvalue weighted by atomic mass is 9.75. The van der Waals surface area contributed by atoms with E-state index in [0.29, 0.717) is 44.9 Å². The summed E-state index contributed by atoms with van der Waals surface area (Å²) in [4.78, 5) is 134. The van der Waals surface area contributed by atoms with Crippen molar-refractivity contribution < 1.29 is 93.1 Å². The van der Waals surface area contributed by atoms with Gasteiger partial charge in [0.1, 0.15) is 49.3 Å². The fourth-order valence-corrected chi connectivity index (χ4v) is 14.7. The van der Waals surface area contributed by atoms with Crippen molar-refractivity contribution >= 4 is 91.4 Å². The van der Waals surface area contributed by atoms with Gasteiger partial charge in [0.15, 0.2) is 0 Å². The fraction of sp³-hybridized carbons (Fsp3) is 0.303. The van der Waals surface area contributed by atoms with Crippen LogP contribution in [0.5, 0.6) is 11.5 Å². The molecule has 13 rings (SSSR count). The van der Waals surface area contributed by atoms with Crippen LogP contribution in [0.4, 0.5) is 36.6 Å². The van der Waals surface area contributed by atoms with Gasteiger partial charge in [-0.25, -0.2) is 39.1 Å². The molecule has 470 valence electrons. The van der Waals surface area contributed by atoms with Gasteiger partial charge in [-0.2, -0.15) is 26.3 Å². The van der Waals surface area contributed by atoms with E-state index in [1.54, 1.807) is 121 Å². The van der Waals surface area contributed by atoms with Crippen molar-refractivity contribution in [3.63, 3.8) is 0 Å². The Bertz CT molecular complexity index is 3850. The number of thiazole rings is 2. The number of aromatic nitrogens is 2. The average Bonchev–Trinajstić information content (AvgIpc) is 1.31. The summed E-state index contributed by atoms with van der Waals surface area (Å²) < 4.78 is 122. The standard InChI is InChI=1S/C66H48F6N4O14S2/c67-65(68,69)37-21-23-39-41(25-37)49(77)51(79)47(39)73-61-75-55-53(91-61)43-28-46-44(27-45(43)89-63(55,57(81)85-29-33-13-5-1-6-14-33)58(82)86-30-34-15-7-2-8-16-34)54-56(76-62(92-54)74-48-40-24-22-38(66(70,71)72)26-42(40)50(78)52(48)80)64(90-46,59(83)87-31-35-17-9-3-10-18-35)60(84)88-32-36-19-11-4-12-20-36/h1-20,27-28,37-42H,21-26,29-32H2. The molecule has 7 aromatic rings. The molecule has 6 atom stereocenters. The van der Waals surface area contributed by atoms with Crippen LogP contribution in [0, 0.1) is 35.5 Å². The SMILES string of the molecule is O=C1C(=O)C2CC(C(F)(F)F)CCC2C1=Nc1nc2c(s1)-c1cc3c(cc1OC2(C(=O)OCc1ccccc1)C(=O)OCc1ccccc1)-c1sc(N=C2C(=O)C(=O)C4CC(C(F)(F)F)CCC24)nc1C(C(=O)OCc1ccccc1)(C(=O)OCc1ccccc1)O3. The Balaban J connectivity index is 0.997. The maximum atomic E-state index is 15.3. The van der Waals surface area contributed by atoms with E-state index >= 15 is 19.2 Å². The molecule has 4 saturated carbocycles. The van der Waals surface area contributed by atoms with Crippen molar-refractivity contribution in [1.29, 1.82) is 0 Å². The number of aliphatic imine (C=N–C) groups is 2. The van der Waals surface area contributed by atoms with Crippen molar-refractivity contribution in [3.05, 3.63) is 167 Å². The summed E-state index contributed by atoms with van der Waals surface area (Å²) in [7, 11) is 0. The predicted molar refractivity (Wildman–Crippen MR) is 313 cm³/mol. The Kier molecular flexibility index (Phi) is 15.9. The van der Waals surface area contributed by atoms with E-state index in [1.807, 2.05) is 0 Å². The number of carbonyl (C=O) groups is 8. The third-order valence-corrected chi connectivity index (χ3v) is 19.3. The molecule has 4 heterocycles. The van der Waals surface area contributed by atoms with E-state index in [1.165, 1.54) is 12.1 Å². The quantitative estimate of drug-likeness (QED) is 0.0323. The summed E-state index contributed by atoms with van der Waals surface area (Å²) in [6.45, 7) is -1.81. The lowest BCUT2D eigenvalue weighted by Crippen LogP contribution is -2.53. The first-order chi connectivity index (χ1) is 44.1. The number of carbonyl (C=O) groups excluding carboxylic acids is 8. The number of rotatable bonds is 14. The van der Waals surface area contributed by atoms with Gasteiger partial charge in [0.05, 0.1) is 33.0 Å². The van der Waals surface area contributed by atoms with Crippen molar-refractivity contribution in [1.82, 2.24) is 9.97 Å². The topological polar surface area (TPSA) is 242 Å². The number of fused-ring (bicyclic) bond motifs is 8. The predicted octanol–water partition coefficient (Wildman–Crippen LogP) is 11.7. The first-order valence-electron chi connectivity index (χ1n) is 29.0. The van der Waals surface area contributed by atoms with Gasteiger partial charge in [-0.1, -0.05) is 144 Å². The molecule has 4 aliphatic carbocycles. The van der Waals surface area contributed by atoms with Crippen LogP contribution in [-0.4, -0.2) is 80.8 Å². The van der Waals surface area contributed by atoms with Crippen LogP contribution in [0.3, 0.4) is 0 Å². The van der Waals surface area contributed by atoms with Gasteiger partial charge in [-0.15, -0.1) is 0 Å². The molecular weight excluding hydrogens is 1250 g/mol. The molecule has 0 bridgehead atoms. The fourth-order valence-electron chi connectivity index (χ4n) is 12.7. The molecule has 0 spiro atoms. The molecule has 6 unspecified atom stereocenters. The number of hydrogen-bond donors (Lipinski definition) is 0. The maximum absolute atomic E-state index is 15.3. The third-order valence-electron chi connectivity index (χ3n) is 17.3. The van der Waals surface area contributed by atoms with Gasteiger partial charge >= 0.3 is 47.4 Å². The smallest absolute Gasteiger partial charge is 0.391 e. The number of hydrogen-bond acceptors (Lipinski definition) is 20. The summed E-state index contributed by atoms with van der Waals surface area (Å²) in [5.41, 5.74) is -6.33. The van der Waals surface area contributed by atoms with Crippen molar-refractivity contribution in [2.45, 2.75) is 88.5 Å². The number of Topliss-reactive ketones (excluding diaryl/α,β-unsaturated/α-hetero) is 4. The highest BCUT2D eigenvalue weighted by atomic mass is 32.1. The van der Waals surface area contributed by atoms with Gasteiger partial charge in [-0.3, -0.25) is 19.2 Å². The molecule has 2 aliphatic heterocycles. The zero-order valence-electron chi connectivity index (χ0n) is 47.8. The molecule has 6 aliphatic rings. The summed E-state index contributed by atoms with van der Waals surface area (Å²) in [6, 6.07) is 35.8. The number of ether oxygens (including phenoxy) is 6. The van der Waals surface area contributed by atoms with E-state index in [-0.39, 0.29) is 55.5 Å². The minimum Gasteiger partial charge on any atom is -0.458 e. The van der Waals surface area contributed by atoms with E-state index < -0.39 is 181 Å². The van der Waals surface area contributed by atoms with Crippen LogP contribution in [0.25, 0.3) is 20.9 Å². The Labute approximate surface area is 525 Å². The number of halogens is 6.